The molecule has 0 spiro atoms. The van der Waals surface area contributed by atoms with Crippen LogP contribution in [-0.4, -0.2) is 11.2 Å². The number of hydrogen-bond donors (Lipinski definition) is 0. The van der Waals surface area contributed by atoms with Crippen molar-refractivity contribution in [1.82, 2.24) is 4.57 Å². The number of ether oxygens (including phenoxy) is 1. The molecule has 0 fully saturated rings. The summed E-state index contributed by atoms with van der Waals surface area (Å²) in [6, 6.07) is 7.34. The number of nitrogens with zero attached hydrogens (tertiary/aromatic N) is 1. The molecule has 0 aliphatic carbocycles. The van der Waals surface area contributed by atoms with Crippen LogP contribution in [0.5, 0.6) is 5.75 Å². The van der Waals surface area contributed by atoms with Crippen molar-refractivity contribution in [2.75, 3.05) is 6.61 Å². The topological polar surface area (TPSA) is 14.2 Å². The van der Waals surface area contributed by atoms with Gasteiger partial charge in [-0.25, -0.2) is 8.78 Å². The zero-order chi connectivity index (χ0) is 11.4. The van der Waals surface area contributed by atoms with E-state index in [4.69, 9.17) is 4.74 Å². The van der Waals surface area contributed by atoms with Crippen LogP contribution in [-0.2, 0) is 6.54 Å². The number of aromatic nitrogens is 1. The first-order valence-corrected chi connectivity index (χ1v) is 4.94. The van der Waals surface area contributed by atoms with Gasteiger partial charge in [-0.2, -0.15) is 0 Å². The quantitative estimate of drug-likeness (QED) is 0.777. The van der Waals surface area contributed by atoms with Crippen LogP contribution in [0.4, 0.5) is 8.78 Å². The number of rotatable bonds is 4. The predicted molar refractivity (Wildman–Crippen MR) is 56.3 cm³/mol. The van der Waals surface area contributed by atoms with Crippen molar-refractivity contribution in [2.45, 2.75) is 6.54 Å². The van der Waals surface area contributed by atoms with Crippen LogP contribution >= 0.6 is 0 Å². The summed E-state index contributed by atoms with van der Waals surface area (Å²) in [6.07, 6.45) is 3.82. The zero-order valence-corrected chi connectivity index (χ0v) is 8.57. The average molecular weight is 223 g/mol. The SMILES string of the molecule is Fc1ccc(OCCn2cccc2)cc1F. The third-order valence-electron chi connectivity index (χ3n) is 2.18. The molecule has 0 saturated heterocycles. The van der Waals surface area contributed by atoms with Crippen LogP contribution in [0, 0.1) is 11.6 Å². The molecule has 0 amide bonds. The lowest BCUT2D eigenvalue weighted by Crippen LogP contribution is -2.06. The van der Waals surface area contributed by atoms with Crippen LogP contribution in [0.1, 0.15) is 0 Å². The lowest BCUT2D eigenvalue weighted by atomic mass is 10.3. The number of halogens is 2. The molecule has 1 heterocycles. The summed E-state index contributed by atoms with van der Waals surface area (Å²) in [5.74, 6) is -1.41. The van der Waals surface area contributed by atoms with E-state index in [1.165, 1.54) is 6.07 Å². The van der Waals surface area contributed by atoms with Gasteiger partial charge in [0, 0.05) is 18.5 Å². The normalized spacial score (nSPS) is 10.4. The molecule has 0 atom stereocenters. The molecule has 0 bridgehead atoms. The fourth-order valence-corrected chi connectivity index (χ4v) is 1.35. The van der Waals surface area contributed by atoms with Crippen molar-refractivity contribution in [3.63, 3.8) is 0 Å². The van der Waals surface area contributed by atoms with Gasteiger partial charge in [0.25, 0.3) is 0 Å². The standard InChI is InChI=1S/C12H11F2NO/c13-11-4-3-10(9-12(11)14)16-8-7-15-5-1-2-6-15/h1-6,9H,7-8H2. The highest BCUT2D eigenvalue weighted by Gasteiger charge is 2.02. The predicted octanol–water partition coefficient (Wildman–Crippen LogP) is 2.85. The molecule has 1 aromatic carbocycles. The summed E-state index contributed by atoms with van der Waals surface area (Å²) >= 11 is 0. The highest BCUT2D eigenvalue weighted by molar-refractivity contribution is 5.23. The Labute approximate surface area is 92.1 Å². The Morgan fingerprint density at radius 2 is 1.81 bits per heavy atom. The van der Waals surface area contributed by atoms with Crippen LogP contribution < -0.4 is 4.74 Å². The van der Waals surface area contributed by atoms with Gasteiger partial charge in [0.05, 0.1) is 6.54 Å². The molecule has 2 nitrogen and oxygen atoms in total. The fraction of sp³-hybridized carbons (Fsp3) is 0.167. The second-order valence-corrected chi connectivity index (χ2v) is 3.35. The summed E-state index contributed by atoms with van der Waals surface area (Å²) in [7, 11) is 0. The smallest absolute Gasteiger partial charge is 0.162 e. The highest BCUT2D eigenvalue weighted by atomic mass is 19.2. The Hall–Kier alpha value is -1.84. The first kappa shape index (κ1) is 10.7. The van der Waals surface area contributed by atoms with E-state index >= 15 is 0 Å². The van der Waals surface area contributed by atoms with E-state index in [-0.39, 0.29) is 0 Å². The van der Waals surface area contributed by atoms with Gasteiger partial charge >= 0.3 is 0 Å². The first-order chi connectivity index (χ1) is 7.75. The van der Waals surface area contributed by atoms with Gasteiger partial charge in [0.2, 0.25) is 0 Å². The van der Waals surface area contributed by atoms with Crippen molar-refractivity contribution in [3.8, 4) is 5.75 Å². The Kier molecular flexibility index (Phi) is 3.19. The largest absolute Gasteiger partial charge is 0.492 e. The van der Waals surface area contributed by atoms with Crippen molar-refractivity contribution in [2.24, 2.45) is 0 Å². The third kappa shape index (κ3) is 2.59. The maximum atomic E-state index is 12.8. The Balaban J connectivity index is 1.87. The summed E-state index contributed by atoms with van der Waals surface area (Å²) < 4.78 is 32.7. The minimum Gasteiger partial charge on any atom is -0.492 e. The van der Waals surface area contributed by atoms with Gasteiger partial charge in [-0.05, 0) is 24.3 Å². The fourth-order valence-electron chi connectivity index (χ4n) is 1.35. The monoisotopic (exact) mass is 223 g/mol. The highest BCUT2D eigenvalue weighted by Crippen LogP contribution is 2.15. The Bertz CT molecular complexity index is 454. The van der Waals surface area contributed by atoms with E-state index in [0.29, 0.717) is 18.9 Å². The third-order valence-corrected chi connectivity index (χ3v) is 2.18. The minimum atomic E-state index is -0.890. The van der Waals surface area contributed by atoms with E-state index < -0.39 is 11.6 Å². The van der Waals surface area contributed by atoms with Gasteiger partial charge < -0.3 is 9.30 Å². The van der Waals surface area contributed by atoms with Gasteiger partial charge in [-0.15, -0.1) is 0 Å². The summed E-state index contributed by atoms with van der Waals surface area (Å²) in [5, 5.41) is 0. The van der Waals surface area contributed by atoms with E-state index in [2.05, 4.69) is 0 Å². The molecule has 0 aliphatic heterocycles. The molecular formula is C12H11F2NO. The molecule has 2 aromatic rings. The van der Waals surface area contributed by atoms with Crippen LogP contribution in [0.2, 0.25) is 0 Å². The van der Waals surface area contributed by atoms with Gasteiger partial charge in [-0.3, -0.25) is 0 Å². The Morgan fingerprint density at radius 3 is 2.50 bits per heavy atom. The van der Waals surface area contributed by atoms with Gasteiger partial charge in [0.1, 0.15) is 12.4 Å². The molecule has 4 heteroatoms. The zero-order valence-electron chi connectivity index (χ0n) is 8.57. The molecule has 16 heavy (non-hydrogen) atoms. The average Bonchev–Trinajstić information content (AvgIpc) is 2.76. The van der Waals surface area contributed by atoms with E-state index in [1.54, 1.807) is 0 Å². The summed E-state index contributed by atoms with van der Waals surface area (Å²) in [5.41, 5.74) is 0. The molecule has 1 aromatic heterocycles. The van der Waals surface area contributed by atoms with Crippen molar-refractivity contribution < 1.29 is 13.5 Å². The molecule has 84 valence electrons. The van der Waals surface area contributed by atoms with Crippen LogP contribution in [0.15, 0.2) is 42.7 Å². The lowest BCUT2D eigenvalue weighted by molar-refractivity contribution is 0.296. The second-order valence-electron chi connectivity index (χ2n) is 3.35. The lowest BCUT2D eigenvalue weighted by Gasteiger charge is -2.07. The van der Waals surface area contributed by atoms with Crippen molar-refractivity contribution in [1.29, 1.82) is 0 Å². The molecular weight excluding hydrogens is 212 g/mol. The molecule has 0 saturated carbocycles. The van der Waals surface area contributed by atoms with Crippen LogP contribution in [0.25, 0.3) is 0 Å². The molecule has 0 aliphatic rings. The van der Waals surface area contributed by atoms with E-state index in [1.807, 2.05) is 29.1 Å². The molecule has 2 rings (SSSR count). The Morgan fingerprint density at radius 1 is 1.06 bits per heavy atom. The minimum absolute atomic E-state index is 0.339. The maximum Gasteiger partial charge on any atom is 0.162 e. The van der Waals surface area contributed by atoms with Crippen molar-refractivity contribution in [3.05, 3.63) is 54.4 Å². The number of benzene rings is 1. The number of hydrogen-bond acceptors (Lipinski definition) is 1. The van der Waals surface area contributed by atoms with E-state index in [0.717, 1.165) is 12.1 Å². The van der Waals surface area contributed by atoms with Gasteiger partial charge in [0.15, 0.2) is 11.6 Å². The van der Waals surface area contributed by atoms with Crippen molar-refractivity contribution >= 4 is 0 Å². The molecule has 0 radical (unpaired) electrons. The summed E-state index contributed by atoms with van der Waals surface area (Å²) in [6.45, 7) is 1.09. The van der Waals surface area contributed by atoms with E-state index in [9.17, 15) is 8.78 Å². The first-order valence-electron chi connectivity index (χ1n) is 4.94. The summed E-state index contributed by atoms with van der Waals surface area (Å²) in [4.78, 5) is 0. The maximum absolute atomic E-state index is 12.8. The second kappa shape index (κ2) is 4.79. The molecule has 0 unspecified atom stereocenters. The van der Waals surface area contributed by atoms with Gasteiger partial charge in [-0.1, -0.05) is 0 Å². The van der Waals surface area contributed by atoms with Crippen LogP contribution in [0.3, 0.4) is 0 Å². The molecule has 0 N–H and O–H groups in total.